The van der Waals surface area contributed by atoms with Gasteiger partial charge in [-0.2, -0.15) is 0 Å². The third kappa shape index (κ3) is 4.82. The van der Waals surface area contributed by atoms with Gasteiger partial charge in [-0.15, -0.1) is 0 Å². The van der Waals surface area contributed by atoms with Gasteiger partial charge >= 0.3 is 0 Å². The Morgan fingerprint density at radius 3 is 2.67 bits per heavy atom. The number of nitrogens with zero attached hydrogens (tertiary/aromatic N) is 1. The molecule has 0 bridgehead atoms. The van der Waals surface area contributed by atoms with Gasteiger partial charge in [0, 0.05) is 29.8 Å². The van der Waals surface area contributed by atoms with Crippen molar-refractivity contribution in [1.29, 1.82) is 0 Å². The first-order chi connectivity index (χ1) is 10.0. The van der Waals surface area contributed by atoms with Crippen LogP contribution in [0.5, 0.6) is 0 Å². The van der Waals surface area contributed by atoms with E-state index in [9.17, 15) is 14.9 Å². The highest BCUT2D eigenvalue weighted by atomic mass is 16.6. The fraction of sp³-hybridized carbons (Fsp3) is 0.533. The van der Waals surface area contributed by atoms with Crippen LogP contribution in [0.25, 0.3) is 0 Å². The number of nitrogens with one attached hydrogen (secondary N) is 1. The van der Waals surface area contributed by atoms with E-state index in [0.29, 0.717) is 24.1 Å². The van der Waals surface area contributed by atoms with Gasteiger partial charge in [-0.05, 0) is 18.9 Å². The van der Waals surface area contributed by atoms with Crippen LogP contribution in [0.1, 0.15) is 49.0 Å². The van der Waals surface area contributed by atoms with E-state index in [2.05, 4.69) is 12.2 Å². The molecule has 0 fully saturated rings. The normalized spacial score (nSPS) is 12.0. The first-order valence-electron chi connectivity index (χ1n) is 7.31. The summed E-state index contributed by atoms with van der Waals surface area (Å²) in [5.74, 6) is -0.313. The third-order valence-electron chi connectivity index (χ3n) is 3.45. The lowest BCUT2D eigenvalue weighted by Gasteiger charge is -2.16. The van der Waals surface area contributed by atoms with Crippen LogP contribution in [0.4, 0.5) is 5.69 Å². The number of carbonyl (C=O) groups excluding carboxylic acids is 1. The molecule has 1 aromatic carbocycles. The molecule has 1 rings (SSSR count). The molecule has 0 saturated heterocycles. The van der Waals surface area contributed by atoms with Crippen molar-refractivity contribution in [2.45, 2.75) is 45.6 Å². The SMILES string of the molecule is CCCCC(CN)NC(=O)c1ccc(CC)c([N+](=O)[O-])c1. The molecule has 0 aliphatic rings. The van der Waals surface area contributed by atoms with Gasteiger partial charge in [0.1, 0.15) is 0 Å². The van der Waals surface area contributed by atoms with Crippen LogP contribution in [-0.4, -0.2) is 23.4 Å². The van der Waals surface area contributed by atoms with E-state index in [1.807, 2.05) is 6.92 Å². The number of nitrogens with two attached hydrogens (primary N) is 1. The van der Waals surface area contributed by atoms with Gasteiger partial charge in [-0.3, -0.25) is 14.9 Å². The average molecular weight is 293 g/mol. The molecule has 0 aliphatic heterocycles. The van der Waals surface area contributed by atoms with E-state index >= 15 is 0 Å². The highest BCUT2D eigenvalue weighted by molar-refractivity contribution is 5.95. The van der Waals surface area contributed by atoms with Crippen molar-refractivity contribution in [2.75, 3.05) is 6.54 Å². The third-order valence-corrected chi connectivity index (χ3v) is 3.45. The maximum atomic E-state index is 12.2. The van der Waals surface area contributed by atoms with Gasteiger partial charge in [0.05, 0.1) is 4.92 Å². The number of hydrogen-bond acceptors (Lipinski definition) is 4. The molecule has 1 unspecified atom stereocenters. The first-order valence-corrected chi connectivity index (χ1v) is 7.31. The van der Waals surface area contributed by atoms with Gasteiger partial charge in [0.2, 0.25) is 0 Å². The maximum absolute atomic E-state index is 12.2. The lowest BCUT2D eigenvalue weighted by Crippen LogP contribution is -2.40. The quantitative estimate of drug-likeness (QED) is 0.568. The molecule has 6 heteroatoms. The van der Waals surface area contributed by atoms with E-state index in [-0.39, 0.29) is 17.6 Å². The molecule has 0 radical (unpaired) electrons. The molecule has 3 N–H and O–H groups in total. The number of hydrogen-bond donors (Lipinski definition) is 2. The number of nitro groups is 1. The van der Waals surface area contributed by atoms with Crippen molar-refractivity contribution in [2.24, 2.45) is 5.73 Å². The van der Waals surface area contributed by atoms with Crippen LogP contribution in [0, 0.1) is 10.1 Å². The Kier molecular flexibility index (Phi) is 6.81. The van der Waals surface area contributed by atoms with Crippen molar-refractivity contribution in [3.8, 4) is 0 Å². The van der Waals surface area contributed by atoms with Crippen molar-refractivity contribution in [1.82, 2.24) is 5.32 Å². The summed E-state index contributed by atoms with van der Waals surface area (Å²) in [5, 5.41) is 13.9. The molecule has 116 valence electrons. The van der Waals surface area contributed by atoms with Crippen molar-refractivity contribution in [3.05, 3.63) is 39.4 Å². The molecule has 0 heterocycles. The van der Waals surface area contributed by atoms with Gasteiger partial charge < -0.3 is 11.1 Å². The average Bonchev–Trinajstić information content (AvgIpc) is 2.50. The summed E-state index contributed by atoms with van der Waals surface area (Å²) in [6.45, 7) is 4.28. The summed E-state index contributed by atoms with van der Waals surface area (Å²) in [7, 11) is 0. The second kappa shape index (κ2) is 8.36. The number of carbonyl (C=O) groups is 1. The molecular formula is C15H23N3O3. The van der Waals surface area contributed by atoms with E-state index in [1.165, 1.54) is 6.07 Å². The minimum absolute atomic E-state index is 0.0111. The summed E-state index contributed by atoms with van der Waals surface area (Å²) in [6, 6.07) is 4.49. The van der Waals surface area contributed by atoms with Crippen molar-refractivity contribution >= 4 is 11.6 Å². The predicted molar refractivity (Wildman–Crippen MR) is 82.3 cm³/mol. The highest BCUT2D eigenvalue weighted by Crippen LogP contribution is 2.21. The van der Waals surface area contributed by atoms with Crippen molar-refractivity contribution in [3.63, 3.8) is 0 Å². The fourth-order valence-electron chi connectivity index (χ4n) is 2.14. The molecule has 0 aliphatic carbocycles. The van der Waals surface area contributed by atoms with E-state index in [0.717, 1.165) is 19.3 Å². The van der Waals surface area contributed by atoms with Gasteiger partial charge in [0.15, 0.2) is 0 Å². The molecule has 1 aromatic rings. The smallest absolute Gasteiger partial charge is 0.273 e. The Bertz CT molecular complexity index is 503. The Balaban J connectivity index is 2.87. The Hall–Kier alpha value is -1.95. The van der Waals surface area contributed by atoms with E-state index in [1.54, 1.807) is 12.1 Å². The number of aryl methyl sites for hydroxylation is 1. The minimum atomic E-state index is -0.451. The van der Waals surface area contributed by atoms with Crippen LogP contribution >= 0.6 is 0 Å². The molecule has 21 heavy (non-hydrogen) atoms. The Morgan fingerprint density at radius 2 is 2.14 bits per heavy atom. The van der Waals surface area contributed by atoms with Gasteiger partial charge in [0.25, 0.3) is 11.6 Å². The largest absolute Gasteiger partial charge is 0.348 e. The Labute approximate surface area is 124 Å². The summed E-state index contributed by atoms with van der Waals surface area (Å²) in [6.07, 6.45) is 3.38. The predicted octanol–water partition coefficient (Wildman–Crippen LogP) is 2.40. The number of benzene rings is 1. The maximum Gasteiger partial charge on any atom is 0.273 e. The second-order valence-electron chi connectivity index (χ2n) is 5.00. The van der Waals surface area contributed by atoms with Crippen LogP contribution in [-0.2, 0) is 6.42 Å². The topological polar surface area (TPSA) is 98.3 Å². The Morgan fingerprint density at radius 1 is 1.43 bits per heavy atom. The van der Waals surface area contributed by atoms with Gasteiger partial charge in [-0.25, -0.2) is 0 Å². The zero-order chi connectivity index (χ0) is 15.8. The zero-order valence-corrected chi connectivity index (χ0v) is 12.6. The van der Waals surface area contributed by atoms with Crippen LogP contribution < -0.4 is 11.1 Å². The molecule has 0 spiro atoms. The number of unbranched alkanes of at least 4 members (excludes halogenated alkanes) is 1. The molecule has 0 aromatic heterocycles. The summed E-state index contributed by atoms with van der Waals surface area (Å²) >= 11 is 0. The molecule has 6 nitrogen and oxygen atoms in total. The van der Waals surface area contributed by atoms with Crippen LogP contribution in [0.2, 0.25) is 0 Å². The highest BCUT2D eigenvalue weighted by Gasteiger charge is 2.18. The molecule has 1 atom stereocenters. The summed E-state index contributed by atoms with van der Waals surface area (Å²) in [4.78, 5) is 22.7. The van der Waals surface area contributed by atoms with Crippen LogP contribution in [0.3, 0.4) is 0 Å². The number of amides is 1. The minimum Gasteiger partial charge on any atom is -0.348 e. The molecule has 0 saturated carbocycles. The summed E-state index contributed by atoms with van der Waals surface area (Å²) < 4.78 is 0. The summed E-state index contributed by atoms with van der Waals surface area (Å²) in [5.41, 5.74) is 6.55. The zero-order valence-electron chi connectivity index (χ0n) is 12.6. The first kappa shape index (κ1) is 17.1. The number of nitro benzene ring substituents is 1. The monoisotopic (exact) mass is 293 g/mol. The number of rotatable bonds is 8. The lowest BCUT2D eigenvalue weighted by molar-refractivity contribution is -0.385. The van der Waals surface area contributed by atoms with Crippen molar-refractivity contribution < 1.29 is 9.72 Å². The van der Waals surface area contributed by atoms with Gasteiger partial charge in [-0.1, -0.05) is 32.8 Å². The van der Waals surface area contributed by atoms with E-state index in [4.69, 9.17) is 5.73 Å². The molecular weight excluding hydrogens is 270 g/mol. The lowest BCUT2D eigenvalue weighted by atomic mass is 10.1. The molecule has 1 amide bonds. The van der Waals surface area contributed by atoms with E-state index < -0.39 is 4.92 Å². The fourth-order valence-corrected chi connectivity index (χ4v) is 2.14. The van der Waals surface area contributed by atoms with Crippen LogP contribution in [0.15, 0.2) is 18.2 Å². The standard InChI is InChI=1S/C15H23N3O3/c1-3-5-6-13(10-16)17-15(19)12-8-7-11(4-2)14(9-12)18(20)21/h7-9,13H,3-6,10,16H2,1-2H3,(H,17,19). The second-order valence-corrected chi connectivity index (χ2v) is 5.00.